The molecule has 1 aromatic carbocycles. The summed E-state index contributed by atoms with van der Waals surface area (Å²) in [6.45, 7) is 0. The van der Waals surface area contributed by atoms with E-state index in [1.165, 1.54) is 18.2 Å². The molecule has 1 N–H and O–H groups in total. The molecule has 2 atom stereocenters. The molecule has 19 heavy (non-hydrogen) atoms. The van der Waals surface area contributed by atoms with E-state index in [1.54, 1.807) is 0 Å². The minimum absolute atomic E-state index is 0.113. The number of rotatable bonds is 1. The molecule has 0 unspecified atom stereocenters. The number of hydrogen-bond acceptors (Lipinski definition) is 3. The summed E-state index contributed by atoms with van der Waals surface area (Å²) in [6.07, 6.45) is 5.00. The number of carbonyl (C=O) groups excluding carboxylic acids is 2. The van der Waals surface area contributed by atoms with Crippen LogP contribution < -0.4 is 4.90 Å². The third-order valence-corrected chi connectivity index (χ3v) is 3.92. The van der Waals surface area contributed by atoms with Crippen LogP contribution in [-0.2, 0) is 9.59 Å². The zero-order valence-corrected chi connectivity index (χ0v) is 10.8. The summed E-state index contributed by atoms with van der Waals surface area (Å²) in [5.41, 5.74) is 0.178. The maximum absolute atomic E-state index is 12.3. The van der Waals surface area contributed by atoms with Crippen LogP contribution in [0, 0.1) is 11.8 Å². The predicted octanol–water partition coefficient (Wildman–Crippen LogP) is 2.50. The highest BCUT2D eigenvalue weighted by molar-refractivity contribution is 6.31. The van der Waals surface area contributed by atoms with Gasteiger partial charge in [-0.1, -0.05) is 23.8 Å². The van der Waals surface area contributed by atoms with Gasteiger partial charge < -0.3 is 5.11 Å². The third-order valence-electron chi connectivity index (χ3n) is 3.69. The van der Waals surface area contributed by atoms with Crippen LogP contribution in [0.3, 0.4) is 0 Å². The van der Waals surface area contributed by atoms with E-state index in [1.807, 2.05) is 12.2 Å². The molecule has 98 valence electrons. The monoisotopic (exact) mass is 277 g/mol. The topological polar surface area (TPSA) is 57.6 Å². The quantitative estimate of drug-likeness (QED) is 0.634. The van der Waals surface area contributed by atoms with Crippen molar-refractivity contribution in [3.05, 3.63) is 35.4 Å². The van der Waals surface area contributed by atoms with Crippen molar-refractivity contribution in [1.29, 1.82) is 0 Å². The lowest BCUT2D eigenvalue weighted by Gasteiger charge is -2.16. The second-order valence-corrected chi connectivity index (χ2v) is 5.24. The van der Waals surface area contributed by atoms with Crippen LogP contribution in [0.1, 0.15) is 12.8 Å². The second kappa shape index (κ2) is 4.38. The molecular formula is C14H12ClNO3. The van der Waals surface area contributed by atoms with Crippen molar-refractivity contribution in [3.8, 4) is 5.75 Å². The van der Waals surface area contributed by atoms with Gasteiger partial charge in [-0.05, 0) is 31.0 Å². The summed E-state index contributed by atoms with van der Waals surface area (Å²) in [5, 5.41) is 10.2. The molecule has 0 saturated carbocycles. The van der Waals surface area contributed by atoms with Gasteiger partial charge in [-0.15, -0.1) is 0 Å². The lowest BCUT2D eigenvalue weighted by atomic mass is 9.85. The fraction of sp³-hybridized carbons (Fsp3) is 0.286. The standard InChI is InChI=1S/C14H12ClNO3/c15-8-5-6-12(17)11(7-8)16-13(18)9-3-1-2-4-10(9)14(16)19/h1-2,5-7,9-10,17H,3-4H2/t9-,10-/m1/s1. The van der Waals surface area contributed by atoms with Crippen molar-refractivity contribution in [2.45, 2.75) is 12.8 Å². The van der Waals surface area contributed by atoms with E-state index in [2.05, 4.69) is 0 Å². The molecule has 1 saturated heterocycles. The van der Waals surface area contributed by atoms with Gasteiger partial charge in [0.15, 0.2) is 0 Å². The highest BCUT2D eigenvalue weighted by atomic mass is 35.5. The molecule has 1 heterocycles. The van der Waals surface area contributed by atoms with E-state index in [-0.39, 0.29) is 35.1 Å². The molecule has 5 heteroatoms. The molecule has 4 nitrogen and oxygen atoms in total. The van der Waals surface area contributed by atoms with Crippen LogP contribution in [0.15, 0.2) is 30.4 Å². The van der Waals surface area contributed by atoms with Crippen LogP contribution in [0.2, 0.25) is 5.02 Å². The SMILES string of the molecule is O=C1[C@@H]2CC=CC[C@H]2C(=O)N1c1cc(Cl)ccc1O. The number of hydrogen-bond donors (Lipinski definition) is 1. The number of halogens is 1. The largest absolute Gasteiger partial charge is 0.506 e. The van der Waals surface area contributed by atoms with Gasteiger partial charge >= 0.3 is 0 Å². The number of imide groups is 1. The van der Waals surface area contributed by atoms with Crippen molar-refractivity contribution in [2.24, 2.45) is 11.8 Å². The van der Waals surface area contributed by atoms with E-state index in [9.17, 15) is 14.7 Å². The van der Waals surface area contributed by atoms with Gasteiger partial charge in [0.05, 0.1) is 17.5 Å². The summed E-state index contributed by atoms with van der Waals surface area (Å²) in [4.78, 5) is 25.7. The van der Waals surface area contributed by atoms with Crippen LogP contribution in [0.4, 0.5) is 5.69 Å². The van der Waals surface area contributed by atoms with Crippen LogP contribution >= 0.6 is 11.6 Å². The van der Waals surface area contributed by atoms with Gasteiger partial charge in [0, 0.05) is 5.02 Å². The fourth-order valence-electron chi connectivity index (χ4n) is 2.71. The Morgan fingerprint density at radius 1 is 1.11 bits per heavy atom. The molecule has 3 rings (SSSR count). The van der Waals surface area contributed by atoms with Crippen LogP contribution in [0.25, 0.3) is 0 Å². The van der Waals surface area contributed by atoms with E-state index >= 15 is 0 Å². The van der Waals surface area contributed by atoms with Crippen molar-refractivity contribution in [2.75, 3.05) is 4.90 Å². The summed E-state index contributed by atoms with van der Waals surface area (Å²) in [5.74, 6) is -1.24. The molecule has 1 fully saturated rings. The molecule has 1 aliphatic carbocycles. The molecule has 0 aromatic heterocycles. The number of allylic oxidation sites excluding steroid dienone is 2. The third kappa shape index (κ3) is 1.83. The smallest absolute Gasteiger partial charge is 0.238 e. The second-order valence-electron chi connectivity index (χ2n) is 4.80. The van der Waals surface area contributed by atoms with Crippen molar-refractivity contribution >= 4 is 29.1 Å². The lowest BCUT2D eigenvalue weighted by Crippen LogP contribution is -2.30. The van der Waals surface area contributed by atoms with Crippen molar-refractivity contribution < 1.29 is 14.7 Å². The number of phenols is 1. The molecule has 2 amide bonds. The fourth-order valence-corrected chi connectivity index (χ4v) is 2.88. The number of fused-ring (bicyclic) bond motifs is 1. The van der Waals surface area contributed by atoms with Gasteiger partial charge in [-0.2, -0.15) is 0 Å². The number of amides is 2. The number of nitrogens with zero attached hydrogens (tertiary/aromatic N) is 1. The maximum atomic E-state index is 12.3. The molecule has 0 spiro atoms. The Kier molecular flexibility index (Phi) is 2.82. The van der Waals surface area contributed by atoms with Crippen molar-refractivity contribution in [1.82, 2.24) is 0 Å². The molecule has 1 aliphatic heterocycles. The lowest BCUT2D eigenvalue weighted by molar-refractivity contribution is -0.122. The zero-order valence-electron chi connectivity index (χ0n) is 10.0. The van der Waals surface area contributed by atoms with E-state index in [4.69, 9.17) is 11.6 Å². The molecule has 0 bridgehead atoms. The summed E-state index contributed by atoms with van der Waals surface area (Å²) < 4.78 is 0. The number of benzene rings is 1. The van der Waals surface area contributed by atoms with Crippen molar-refractivity contribution in [3.63, 3.8) is 0 Å². The van der Waals surface area contributed by atoms with Gasteiger partial charge in [0.2, 0.25) is 11.8 Å². The first kappa shape index (κ1) is 12.2. The Bertz CT molecular complexity index is 570. The summed E-state index contributed by atoms with van der Waals surface area (Å²) in [7, 11) is 0. The van der Waals surface area contributed by atoms with Gasteiger partial charge in [-0.3, -0.25) is 9.59 Å². The molecule has 0 radical (unpaired) electrons. The average Bonchev–Trinajstić information content (AvgIpc) is 2.66. The average molecular weight is 278 g/mol. The molecular weight excluding hydrogens is 266 g/mol. The first-order valence-corrected chi connectivity index (χ1v) is 6.48. The zero-order chi connectivity index (χ0) is 13.6. The first-order valence-electron chi connectivity index (χ1n) is 6.11. The predicted molar refractivity (Wildman–Crippen MR) is 71.0 cm³/mol. The highest BCUT2D eigenvalue weighted by Crippen LogP contribution is 2.41. The van der Waals surface area contributed by atoms with E-state index in [0.717, 1.165) is 4.90 Å². The molecule has 2 aliphatic rings. The molecule has 1 aromatic rings. The minimum Gasteiger partial charge on any atom is -0.506 e. The van der Waals surface area contributed by atoms with Gasteiger partial charge in [-0.25, -0.2) is 4.90 Å². The Morgan fingerprint density at radius 2 is 1.68 bits per heavy atom. The summed E-state index contributed by atoms with van der Waals surface area (Å²) >= 11 is 5.87. The summed E-state index contributed by atoms with van der Waals surface area (Å²) in [6, 6.07) is 4.34. The normalized spacial score (nSPS) is 25.8. The van der Waals surface area contributed by atoms with Crippen LogP contribution in [0.5, 0.6) is 5.75 Å². The number of carbonyl (C=O) groups is 2. The highest BCUT2D eigenvalue weighted by Gasteiger charge is 2.48. The van der Waals surface area contributed by atoms with Gasteiger partial charge in [0.25, 0.3) is 0 Å². The Morgan fingerprint density at radius 3 is 2.26 bits per heavy atom. The van der Waals surface area contributed by atoms with Gasteiger partial charge in [0.1, 0.15) is 5.75 Å². The Labute approximate surface area is 115 Å². The van der Waals surface area contributed by atoms with E-state index < -0.39 is 0 Å². The van der Waals surface area contributed by atoms with Crippen LogP contribution in [-0.4, -0.2) is 16.9 Å². The Hall–Kier alpha value is -1.81. The number of anilines is 1. The number of phenolic OH excluding ortho intramolecular Hbond substituents is 1. The first-order chi connectivity index (χ1) is 9.09. The number of aromatic hydroxyl groups is 1. The minimum atomic E-state index is -0.309. The maximum Gasteiger partial charge on any atom is 0.238 e. The Balaban J connectivity index is 2.04. The van der Waals surface area contributed by atoms with E-state index in [0.29, 0.717) is 17.9 Å².